The minimum absolute atomic E-state index is 0.483. The monoisotopic (exact) mass is 392 g/mol. The fraction of sp³-hybridized carbons (Fsp3) is 0.273. The van der Waals surface area contributed by atoms with Crippen molar-refractivity contribution in [2.45, 2.75) is 18.9 Å². The van der Waals surface area contributed by atoms with E-state index in [1.807, 2.05) is 48.9 Å². The second kappa shape index (κ2) is 7.41. The topological polar surface area (TPSA) is 42.6 Å². The van der Waals surface area contributed by atoms with Gasteiger partial charge in [-0.1, -0.05) is 11.6 Å². The van der Waals surface area contributed by atoms with Gasteiger partial charge in [-0.3, -0.25) is 9.98 Å². The number of pyridine rings is 1. The largest absolute Gasteiger partial charge is 0.381 e. The molecule has 4 heterocycles. The number of nitrogens with zero attached hydrogens (tertiary/aromatic N) is 4. The van der Waals surface area contributed by atoms with Crippen molar-refractivity contribution in [3.05, 3.63) is 65.7 Å². The van der Waals surface area contributed by atoms with Crippen LogP contribution in [0.4, 0.5) is 0 Å². The van der Waals surface area contributed by atoms with Gasteiger partial charge in [-0.15, -0.1) is 0 Å². The van der Waals surface area contributed by atoms with Crippen molar-refractivity contribution < 1.29 is 4.74 Å². The number of allylic oxidation sites excluding steroid dienone is 1. The summed E-state index contributed by atoms with van der Waals surface area (Å²) in [5, 5.41) is 1.88. The Morgan fingerprint density at radius 3 is 2.71 bits per heavy atom. The Kier molecular flexibility index (Phi) is 4.63. The third kappa shape index (κ3) is 3.21. The highest BCUT2D eigenvalue weighted by Gasteiger charge is 2.22. The molecule has 2 aliphatic heterocycles. The molecule has 0 bridgehead atoms. The van der Waals surface area contributed by atoms with Crippen LogP contribution in [-0.2, 0) is 4.74 Å². The summed E-state index contributed by atoms with van der Waals surface area (Å²) in [5.41, 5.74) is 4.33. The maximum Gasteiger partial charge on any atom is 0.110 e. The van der Waals surface area contributed by atoms with Crippen molar-refractivity contribution >= 4 is 34.3 Å². The van der Waals surface area contributed by atoms with Gasteiger partial charge in [0.25, 0.3) is 0 Å². The lowest BCUT2D eigenvalue weighted by Gasteiger charge is -2.34. The van der Waals surface area contributed by atoms with Gasteiger partial charge in [0.05, 0.1) is 17.4 Å². The van der Waals surface area contributed by atoms with E-state index in [1.54, 1.807) is 0 Å². The first-order valence-corrected chi connectivity index (χ1v) is 9.94. The summed E-state index contributed by atoms with van der Waals surface area (Å²) in [5.74, 6) is 0. The van der Waals surface area contributed by atoms with E-state index in [2.05, 4.69) is 31.7 Å². The number of aromatic nitrogens is 2. The summed E-state index contributed by atoms with van der Waals surface area (Å²) in [4.78, 5) is 11.3. The van der Waals surface area contributed by atoms with Gasteiger partial charge in [-0.05, 0) is 49.2 Å². The molecule has 0 spiro atoms. The molecule has 6 heteroatoms. The summed E-state index contributed by atoms with van der Waals surface area (Å²) < 4.78 is 7.75. The molecule has 5 nitrogen and oxygen atoms in total. The van der Waals surface area contributed by atoms with E-state index in [0.717, 1.165) is 58.9 Å². The lowest BCUT2D eigenvalue weighted by Crippen LogP contribution is -2.37. The number of fused-ring (bicyclic) bond motifs is 1. The van der Waals surface area contributed by atoms with Gasteiger partial charge in [0.1, 0.15) is 6.67 Å². The zero-order chi connectivity index (χ0) is 18.9. The standard InChI is InChI=1S/C22H21ClN4O/c23-18-1-3-20(4-2-18)27-21(11-16-5-8-24-13-22(16)27)17-12-25-15-26(14-17)19-6-9-28-10-7-19/h1-5,8,11-14,19H,6-7,9-10,15H2. The van der Waals surface area contributed by atoms with Crippen molar-refractivity contribution in [1.29, 1.82) is 0 Å². The Morgan fingerprint density at radius 1 is 1.07 bits per heavy atom. The lowest BCUT2D eigenvalue weighted by atomic mass is 10.1. The van der Waals surface area contributed by atoms with E-state index in [9.17, 15) is 0 Å². The number of hydrogen-bond acceptors (Lipinski definition) is 4. The molecule has 142 valence electrons. The Labute approximate surface area is 168 Å². The number of hydrogen-bond donors (Lipinski definition) is 0. The van der Waals surface area contributed by atoms with E-state index >= 15 is 0 Å². The molecule has 0 atom stereocenters. The van der Waals surface area contributed by atoms with Crippen LogP contribution in [0.2, 0.25) is 5.02 Å². The Balaban J connectivity index is 1.62. The summed E-state index contributed by atoms with van der Waals surface area (Å²) in [6.07, 6.45) is 10.0. The van der Waals surface area contributed by atoms with Crippen LogP contribution < -0.4 is 0 Å². The molecule has 0 aliphatic carbocycles. The molecular formula is C22H21ClN4O. The van der Waals surface area contributed by atoms with Crippen molar-refractivity contribution in [3.63, 3.8) is 0 Å². The average molecular weight is 393 g/mol. The van der Waals surface area contributed by atoms with Gasteiger partial charge < -0.3 is 14.2 Å². The normalized spacial score (nSPS) is 17.9. The van der Waals surface area contributed by atoms with Gasteiger partial charge in [-0.2, -0.15) is 0 Å². The molecule has 3 aromatic rings. The third-order valence-corrected chi connectivity index (χ3v) is 5.68. The van der Waals surface area contributed by atoms with Crippen molar-refractivity contribution in [1.82, 2.24) is 14.5 Å². The van der Waals surface area contributed by atoms with E-state index < -0.39 is 0 Å². The molecule has 1 fully saturated rings. The molecule has 0 radical (unpaired) electrons. The van der Waals surface area contributed by atoms with Crippen LogP contribution in [0.5, 0.6) is 0 Å². The second-order valence-corrected chi connectivity index (χ2v) is 7.61. The van der Waals surface area contributed by atoms with Gasteiger partial charge >= 0.3 is 0 Å². The quantitative estimate of drug-likeness (QED) is 0.657. The number of ether oxygens (including phenoxy) is 1. The van der Waals surface area contributed by atoms with Crippen LogP contribution >= 0.6 is 11.6 Å². The fourth-order valence-corrected chi connectivity index (χ4v) is 4.11. The predicted molar refractivity (Wildman–Crippen MR) is 113 cm³/mol. The molecule has 2 aliphatic rings. The lowest BCUT2D eigenvalue weighted by molar-refractivity contribution is 0.0502. The molecule has 28 heavy (non-hydrogen) atoms. The zero-order valence-electron chi connectivity index (χ0n) is 15.5. The number of benzene rings is 1. The minimum Gasteiger partial charge on any atom is -0.381 e. The van der Waals surface area contributed by atoms with Gasteiger partial charge in [0, 0.05) is 59.5 Å². The van der Waals surface area contributed by atoms with E-state index in [-0.39, 0.29) is 0 Å². The highest BCUT2D eigenvalue weighted by molar-refractivity contribution is 6.30. The molecule has 2 aromatic heterocycles. The molecule has 5 rings (SSSR count). The maximum atomic E-state index is 6.11. The highest BCUT2D eigenvalue weighted by atomic mass is 35.5. The Bertz CT molecular complexity index is 1050. The van der Waals surface area contributed by atoms with E-state index in [4.69, 9.17) is 16.3 Å². The summed E-state index contributed by atoms with van der Waals surface area (Å²) in [6, 6.07) is 12.6. The number of aliphatic imine (C=N–C) groups is 1. The van der Waals surface area contributed by atoms with Crippen LogP contribution in [0.25, 0.3) is 22.2 Å². The van der Waals surface area contributed by atoms with Gasteiger partial charge in [0.2, 0.25) is 0 Å². The minimum atomic E-state index is 0.483. The highest BCUT2D eigenvalue weighted by Crippen LogP contribution is 2.30. The molecular weight excluding hydrogens is 372 g/mol. The van der Waals surface area contributed by atoms with Crippen molar-refractivity contribution in [3.8, 4) is 5.69 Å². The molecule has 0 saturated carbocycles. The molecule has 0 amide bonds. The number of rotatable bonds is 3. The first kappa shape index (κ1) is 17.5. The Hall–Kier alpha value is -2.63. The van der Waals surface area contributed by atoms with Crippen LogP contribution in [-0.4, -0.2) is 46.6 Å². The first-order valence-electron chi connectivity index (χ1n) is 9.56. The van der Waals surface area contributed by atoms with Crippen molar-refractivity contribution in [2.75, 3.05) is 19.9 Å². The maximum absolute atomic E-state index is 6.11. The molecule has 1 saturated heterocycles. The zero-order valence-corrected chi connectivity index (χ0v) is 16.2. The predicted octanol–water partition coefficient (Wildman–Crippen LogP) is 4.54. The summed E-state index contributed by atoms with van der Waals surface area (Å²) >= 11 is 6.11. The second-order valence-electron chi connectivity index (χ2n) is 7.17. The van der Waals surface area contributed by atoms with E-state index in [0.29, 0.717) is 12.7 Å². The van der Waals surface area contributed by atoms with Crippen LogP contribution in [0.15, 0.2) is 60.0 Å². The average Bonchev–Trinajstić information content (AvgIpc) is 3.15. The Morgan fingerprint density at radius 2 is 1.89 bits per heavy atom. The third-order valence-electron chi connectivity index (χ3n) is 5.43. The molecule has 0 unspecified atom stereocenters. The van der Waals surface area contributed by atoms with Crippen LogP contribution in [0, 0.1) is 0 Å². The molecule has 1 aromatic carbocycles. The first-order chi connectivity index (χ1) is 13.8. The van der Waals surface area contributed by atoms with E-state index in [1.165, 1.54) is 0 Å². The summed E-state index contributed by atoms with van der Waals surface area (Å²) in [6.45, 7) is 2.35. The van der Waals surface area contributed by atoms with Crippen LogP contribution in [0.3, 0.4) is 0 Å². The van der Waals surface area contributed by atoms with Crippen LogP contribution in [0.1, 0.15) is 18.5 Å². The smallest absolute Gasteiger partial charge is 0.110 e. The summed E-state index contributed by atoms with van der Waals surface area (Å²) in [7, 11) is 0. The van der Waals surface area contributed by atoms with Gasteiger partial charge in [0.15, 0.2) is 0 Å². The van der Waals surface area contributed by atoms with Gasteiger partial charge in [-0.25, -0.2) is 0 Å². The SMILES string of the molecule is Clc1ccc(-n2c(C3=CN(C4CCOCC4)CN=C3)cc3ccncc32)cc1. The molecule has 0 N–H and O–H groups in total. The number of halogens is 1. The fourth-order valence-electron chi connectivity index (χ4n) is 3.98. The van der Waals surface area contributed by atoms with Crippen molar-refractivity contribution in [2.24, 2.45) is 4.99 Å².